The predicted octanol–water partition coefficient (Wildman–Crippen LogP) is 6.19. The molecule has 3 N–H and O–H groups in total. The lowest BCUT2D eigenvalue weighted by molar-refractivity contribution is -0.147. The Kier molecular flexibility index (Phi) is 16.5. The van der Waals surface area contributed by atoms with E-state index in [0.29, 0.717) is 60.7 Å². The average Bonchev–Trinajstić information content (AvgIpc) is 3.24. The van der Waals surface area contributed by atoms with Crippen molar-refractivity contribution in [1.82, 2.24) is 16.0 Å². The van der Waals surface area contributed by atoms with Gasteiger partial charge in [-0.2, -0.15) is 0 Å². The number of methoxy groups -OCH3 is 1. The van der Waals surface area contributed by atoms with Crippen LogP contribution in [0.1, 0.15) is 92.6 Å². The fourth-order valence-corrected chi connectivity index (χ4v) is 8.15. The molecule has 2 aliphatic rings. The molecule has 0 radical (unpaired) electrons. The number of carbonyl (C=O) groups is 3. The number of amides is 2. The van der Waals surface area contributed by atoms with Gasteiger partial charge in [-0.3, -0.25) is 9.59 Å². The minimum Gasteiger partial charge on any atom is -0.460 e. The van der Waals surface area contributed by atoms with E-state index in [1.54, 1.807) is 26.3 Å². The smallest absolute Gasteiger partial charge is 0.349 e. The molecular weight excluding hydrogens is 754 g/mol. The highest BCUT2D eigenvalue weighted by Crippen LogP contribution is 2.48. The fraction of sp³-hybridized carbons (Fsp3) is 0.404. The van der Waals surface area contributed by atoms with Crippen LogP contribution in [0.3, 0.4) is 0 Å². The number of rotatable bonds is 21. The maximum Gasteiger partial charge on any atom is 0.349 e. The zero-order valence-electron chi connectivity index (χ0n) is 33.8. The molecule has 10 nitrogen and oxygen atoms in total. The predicted molar refractivity (Wildman–Crippen MR) is 229 cm³/mol. The van der Waals surface area contributed by atoms with Crippen molar-refractivity contribution < 1.29 is 28.3 Å². The number of nitrogens with one attached hydrogen (secondary N) is 3. The lowest BCUT2D eigenvalue weighted by Crippen LogP contribution is -2.50. The first-order valence-corrected chi connectivity index (χ1v) is 20.6. The van der Waals surface area contributed by atoms with Crippen LogP contribution in [0.4, 0.5) is 0 Å². The van der Waals surface area contributed by atoms with Gasteiger partial charge in [-0.25, -0.2) is 9.59 Å². The van der Waals surface area contributed by atoms with Gasteiger partial charge >= 0.3 is 11.6 Å². The maximum absolute atomic E-state index is 13.6. The van der Waals surface area contributed by atoms with Crippen LogP contribution in [0.25, 0.3) is 12.2 Å². The van der Waals surface area contributed by atoms with Crippen LogP contribution in [0.15, 0.2) is 106 Å². The molecule has 3 aromatic rings. The van der Waals surface area contributed by atoms with Crippen molar-refractivity contribution in [3.8, 4) is 0 Å². The quantitative estimate of drug-likeness (QED) is 0.0660. The number of hydrogen-bond donors (Lipinski definition) is 3. The van der Waals surface area contributed by atoms with E-state index in [9.17, 15) is 19.2 Å². The van der Waals surface area contributed by atoms with Crippen molar-refractivity contribution in [2.45, 2.75) is 94.7 Å². The average molecular weight is 810 g/mol. The van der Waals surface area contributed by atoms with E-state index < -0.39 is 35.0 Å². The summed E-state index contributed by atoms with van der Waals surface area (Å²) in [4.78, 5) is 52.3. The molecule has 2 aliphatic carbocycles. The van der Waals surface area contributed by atoms with E-state index in [0.717, 1.165) is 36.8 Å². The van der Waals surface area contributed by atoms with Gasteiger partial charge in [-0.1, -0.05) is 115 Å². The molecule has 11 heteroatoms. The van der Waals surface area contributed by atoms with Gasteiger partial charge < -0.3 is 29.8 Å². The first-order valence-electron chi connectivity index (χ1n) is 20.2. The van der Waals surface area contributed by atoms with Crippen molar-refractivity contribution in [2.75, 3.05) is 27.3 Å². The molecule has 308 valence electrons. The highest BCUT2D eigenvalue weighted by Gasteiger charge is 2.39. The lowest BCUT2D eigenvalue weighted by atomic mass is 9.64. The van der Waals surface area contributed by atoms with Gasteiger partial charge in [-0.05, 0) is 94.7 Å². The Morgan fingerprint density at radius 3 is 2.45 bits per heavy atom. The van der Waals surface area contributed by atoms with Crippen LogP contribution >= 0.6 is 11.6 Å². The summed E-state index contributed by atoms with van der Waals surface area (Å²) in [5.74, 6) is -1.34. The summed E-state index contributed by atoms with van der Waals surface area (Å²) < 4.78 is 16.1. The number of ether oxygens (including phenoxy) is 2. The van der Waals surface area contributed by atoms with Crippen LogP contribution in [0.5, 0.6) is 0 Å². The Bertz CT molecular complexity index is 2160. The monoisotopic (exact) mass is 809 g/mol. The second kappa shape index (κ2) is 21.6. The number of hydrogen-bond acceptors (Lipinski definition) is 8. The van der Waals surface area contributed by atoms with Gasteiger partial charge in [0.2, 0.25) is 5.91 Å². The summed E-state index contributed by atoms with van der Waals surface area (Å²) in [6, 6.07) is 18.6. The van der Waals surface area contributed by atoms with E-state index in [4.69, 9.17) is 25.5 Å². The Morgan fingerprint density at radius 1 is 1.00 bits per heavy atom. The summed E-state index contributed by atoms with van der Waals surface area (Å²) in [5.41, 5.74) is 3.99. The molecule has 4 atom stereocenters. The third-order valence-corrected chi connectivity index (χ3v) is 11.4. The number of carbonyl (C=O) groups excluding carboxylic acids is 3. The normalized spacial score (nSPS) is 16.8. The Morgan fingerprint density at radius 2 is 1.74 bits per heavy atom. The molecule has 5 rings (SSSR count). The van der Waals surface area contributed by atoms with Crippen molar-refractivity contribution in [2.24, 2.45) is 0 Å². The van der Waals surface area contributed by atoms with Gasteiger partial charge in [0.25, 0.3) is 5.91 Å². The molecule has 58 heavy (non-hydrogen) atoms. The van der Waals surface area contributed by atoms with E-state index in [1.165, 1.54) is 17.2 Å². The summed E-state index contributed by atoms with van der Waals surface area (Å²) in [6.45, 7) is 6.16. The number of allylic oxidation sites excluding steroid dienone is 4. The molecule has 0 fully saturated rings. The molecular formula is C47H56ClN3O7. The molecule has 0 spiro atoms. The highest BCUT2D eigenvalue weighted by atomic mass is 35.5. The molecule has 4 unspecified atom stereocenters. The van der Waals surface area contributed by atoms with Crippen molar-refractivity contribution >= 4 is 41.5 Å². The number of unbranched alkanes of at least 4 members (excludes halogenated alkanes) is 2. The minimum absolute atomic E-state index is 0.0372. The van der Waals surface area contributed by atoms with Crippen LogP contribution < -0.4 is 32.2 Å². The molecule has 0 bridgehead atoms. The number of esters is 1. The number of likely N-dealkylation sites (N-methyl/N-ethyl adjacent to an activating group) is 1. The maximum atomic E-state index is 13.6. The van der Waals surface area contributed by atoms with Crippen molar-refractivity contribution in [1.29, 1.82) is 0 Å². The lowest BCUT2D eigenvalue weighted by Gasteiger charge is -2.40. The molecule has 2 amide bonds. The standard InChI is InChI=1S/C47H56ClN3O7/c1-5-29-57-46(55)41(20-11-13-27-47(34-15-7-6-8-16-34,35-24-21-32(2)22-25-35)38-17-9-10-18-39(38)48)51-44(53)40(49-3)19-12-14-28-50-43(52)37-30-33-23-26-36(56-4)31-42(33)58-45(37)54/h5-10,15-18,21,23-24,30-31,36,40-41,49H,1,11-14,19-20,22,25-29H2,2-4H3,(H,50,52)(H,51,53). The summed E-state index contributed by atoms with van der Waals surface area (Å²) in [7, 11) is 3.28. The topological polar surface area (TPSA) is 136 Å². The number of halogens is 1. The third-order valence-electron chi connectivity index (χ3n) is 11.1. The first-order chi connectivity index (χ1) is 28.1. The van der Waals surface area contributed by atoms with E-state index >= 15 is 0 Å². The zero-order valence-corrected chi connectivity index (χ0v) is 34.6. The molecule has 0 saturated heterocycles. The number of benzene rings is 2. The van der Waals surface area contributed by atoms with Crippen LogP contribution in [0, 0.1) is 0 Å². The number of fused-ring (bicyclic) bond motifs is 1. The highest BCUT2D eigenvalue weighted by molar-refractivity contribution is 6.31. The summed E-state index contributed by atoms with van der Waals surface area (Å²) in [5, 5.41) is 10.2. The van der Waals surface area contributed by atoms with Crippen LogP contribution in [-0.4, -0.2) is 63.3 Å². The van der Waals surface area contributed by atoms with Gasteiger partial charge in [0.1, 0.15) is 23.6 Å². The molecule has 1 heterocycles. The van der Waals surface area contributed by atoms with Gasteiger partial charge in [0.05, 0.1) is 12.1 Å². The minimum atomic E-state index is -0.855. The fourth-order valence-electron chi connectivity index (χ4n) is 7.85. The Balaban J connectivity index is 1.20. The van der Waals surface area contributed by atoms with E-state index in [-0.39, 0.29) is 24.2 Å². The molecule has 0 saturated carbocycles. The Labute approximate surface area is 346 Å². The molecule has 1 aromatic heterocycles. The summed E-state index contributed by atoms with van der Waals surface area (Å²) >= 11 is 6.98. The largest absolute Gasteiger partial charge is 0.460 e. The Hall–Kier alpha value is -5.03. The second-order valence-corrected chi connectivity index (χ2v) is 15.3. The van der Waals surface area contributed by atoms with Gasteiger partial charge in [0.15, 0.2) is 0 Å². The van der Waals surface area contributed by atoms with Crippen molar-refractivity contribution in [3.05, 3.63) is 139 Å². The molecule has 0 aliphatic heterocycles. The van der Waals surface area contributed by atoms with E-state index in [1.807, 2.05) is 30.3 Å². The van der Waals surface area contributed by atoms with Crippen LogP contribution in [-0.2, 0) is 24.5 Å². The molecule has 2 aromatic carbocycles. The second-order valence-electron chi connectivity index (χ2n) is 14.9. The van der Waals surface area contributed by atoms with E-state index in [2.05, 4.69) is 71.9 Å². The zero-order chi connectivity index (χ0) is 41.5. The van der Waals surface area contributed by atoms with Gasteiger partial charge in [0, 0.05) is 29.3 Å². The third kappa shape index (κ3) is 11.1. The van der Waals surface area contributed by atoms with Crippen molar-refractivity contribution in [3.63, 3.8) is 0 Å². The van der Waals surface area contributed by atoms with Gasteiger partial charge in [-0.15, -0.1) is 0 Å². The SMILES string of the molecule is C=CCOC(=O)C(CCCCC(C1=CC=C(C)CC1)(c1ccccc1)c1ccccc1Cl)NC(=O)C(CCCCNC(=O)c1cc2c(oc1=O)=CC(OC)CC=2)NC. The first kappa shape index (κ1) is 44.1. The summed E-state index contributed by atoms with van der Waals surface area (Å²) in [6.07, 6.45) is 16.0. The van der Waals surface area contributed by atoms with Crippen LogP contribution in [0.2, 0.25) is 5.02 Å².